The Morgan fingerprint density at radius 2 is 1.19 bits per heavy atom. The van der Waals surface area contributed by atoms with Crippen molar-refractivity contribution in [3.05, 3.63) is 0 Å². The first-order chi connectivity index (χ1) is 10.1. The van der Waals surface area contributed by atoms with E-state index in [1.807, 2.05) is 0 Å². The number of phosphoric ester groups is 1. The second-order valence-corrected chi connectivity index (χ2v) is 6.58. The van der Waals surface area contributed by atoms with Crippen LogP contribution in [0.25, 0.3) is 0 Å². The lowest BCUT2D eigenvalue weighted by Gasteiger charge is -2.28. The summed E-state index contributed by atoms with van der Waals surface area (Å²) in [6.07, 6.45) is 14.1. The van der Waals surface area contributed by atoms with Crippen molar-refractivity contribution in [1.29, 1.82) is 0 Å². The van der Waals surface area contributed by atoms with Gasteiger partial charge in [-0.25, -0.2) is 0 Å². The second-order valence-electron chi connectivity index (χ2n) is 5.43. The zero-order chi connectivity index (χ0) is 15.8. The van der Waals surface area contributed by atoms with Crippen LogP contribution in [0.1, 0.15) is 77.6 Å². The molecule has 0 aliphatic rings. The molecular weight excluding hydrogens is 291 g/mol. The fourth-order valence-corrected chi connectivity index (χ4v) is 2.48. The van der Waals surface area contributed by atoms with Gasteiger partial charge in [-0.3, -0.25) is 0 Å². The number of phosphoric acid groups is 1. The standard InChI is InChI=1S/C15H33O5P/c1-2-3-4-5-6-7-8-9-10-11-12-13-19-14-15-20-21(16,17)18/h2-15H2,1H3,(H2,16,17,18)/p-2. The van der Waals surface area contributed by atoms with Gasteiger partial charge in [0.1, 0.15) is 0 Å². The first-order valence-electron chi connectivity index (χ1n) is 8.30. The molecule has 0 saturated heterocycles. The Morgan fingerprint density at radius 3 is 1.67 bits per heavy atom. The van der Waals surface area contributed by atoms with Crippen molar-refractivity contribution in [1.82, 2.24) is 0 Å². The van der Waals surface area contributed by atoms with E-state index in [9.17, 15) is 14.4 Å². The van der Waals surface area contributed by atoms with Gasteiger partial charge in [0.2, 0.25) is 0 Å². The molecule has 5 nitrogen and oxygen atoms in total. The quantitative estimate of drug-likeness (QED) is 0.322. The molecule has 0 rings (SSSR count). The molecule has 0 N–H and O–H groups in total. The summed E-state index contributed by atoms with van der Waals surface area (Å²) in [5, 5.41) is 0. The predicted octanol–water partition coefficient (Wildman–Crippen LogP) is 3.16. The average Bonchev–Trinajstić information content (AvgIpc) is 2.42. The van der Waals surface area contributed by atoms with Gasteiger partial charge in [-0.1, -0.05) is 71.1 Å². The molecule has 128 valence electrons. The first-order valence-corrected chi connectivity index (χ1v) is 9.76. The molecule has 21 heavy (non-hydrogen) atoms. The molecule has 0 aromatic heterocycles. The van der Waals surface area contributed by atoms with Crippen LogP contribution >= 0.6 is 7.82 Å². The summed E-state index contributed by atoms with van der Waals surface area (Å²) in [6, 6.07) is 0. The molecule has 0 amide bonds. The van der Waals surface area contributed by atoms with E-state index in [0.717, 1.165) is 12.8 Å². The normalized spacial score (nSPS) is 12.0. The van der Waals surface area contributed by atoms with Gasteiger partial charge in [0.05, 0.1) is 21.0 Å². The largest absolute Gasteiger partial charge is 0.790 e. The molecule has 0 atom stereocenters. The minimum absolute atomic E-state index is 0.159. The lowest BCUT2D eigenvalue weighted by molar-refractivity contribution is -0.342. The Bertz CT molecular complexity index is 254. The third-order valence-corrected chi connectivity index (χ3v) is 3.87. The average molecular weight is 322 g/mol. The predicted molar refractivity (Wildman–Crippen MR) is 80.8 cm³/mol. The van der Waals surface area contributed by atoms with Crippen molar-refractivity contribution in [2.24, 2.45) is 0 Å². The van der Waals surface area contributed by atoms with Crippen molar-refractivity contribution < 1.29 is 23.6 Å². The van der Waals surface area contributed by atoms with Crippen molar-refractivity contribution in [3.8, 4) is 0 Å². The zero-order valence-electron chi connectivity index (χ0n) is 13.4. The van der Waals surface area contributed by atoms with Gasteiger partial charge < -0.3 is 23.6 Å². The van der Waals surface area contributed by atoms with Crippen molar-refractivity contribution in [2.45, 2.75) is 77.6 Å². The van der Waals surface area contributed by atoms with Crippen LogP contribution in [-0.2, 0) is 13.8 Å². The van der Waals surface area contributed by atoms with E-state index in [1.54, 1.807) is 0 Å². The molecule has 0 unspecified atom stereocenters. The summed E-state index contributed by atoms with van der Waals surface area (Å²) in [5.41, 5.74) is 0. The highest BCUT2D eigenvalue weighted by Crippen LogP contribution is 2.23. The number of hydrogen-bond donors (Lipinski definition) is 0. The Hall–Kier alpha value is 0.0700. The first kappa shape index (κ1) is 21.1. The maximum atomic E-state index is 10.2. The van der Waals surface area contributed by atoms with Crippen molar-refractivity contribution >= 4 is 7.82 Å². The fraction of sp³-hybridized carbons (Fsp3) is 1.00. The SMILES string of the molecule is CCCCCCCCCCCCCOCCOP(=O)([O-])[O-]. The fourth-order valence-electron chi connectivity index (χ4n) is 2.18. The summed E-state index contributed by atoms with van der Waals surface area (Å²) in [4.78, 5) is 20.3. The smallest absolute Gasteiger partial charge is 0.0752 e. The molecule has 0 aromatic carbocycles. The van der Waals surface area contributed by atoms with Crippen LogP contribution in [0, 0.1) is 0 Å². The highest BCUT2D eigenvalue weighted by molar-refractivity contribution is 7.43. The second kappa shape index (κ2) is 15.0. The minimum Gasteiger partial charge on any atom is -0.790 e. The zero-order valence-corrected chi connectivity index (χ0v) is 14.3. The van der Waals surface area contributed by atoms with Crippen LogP contribution in [0.15, 0.2) is 0 Å². The van der Waals surface area contributed by atoms with E-state index in [4.69, 9.17) is 4.74 Å². The topological polar surface area (TPSA) is 81.7 Å². The number of ether oxygens (including phenoxy) is 1. The summed E-state index contributed by atoms with van der Waals surface area (Å²) in [7, 11) is -4.83. The number of hydrogen-bond acceptors (Lipinski definition) is 5. The maximum Gasteiger partial charge on any atom is 0.0752 e. The van der Waals surface area contributed by atoms with E-state index in [0.29, 0.717) is 6.61 Å². The number of rotatable bonds is 16. The summed E-state index contributed by atoms with van der Waals surface area (Å²) in [6.45, 7) is 2.82. The van der Waals surface area contributed by atoms with Gasteiger partial charge in [0.25, 0.3) is 0 Å². The molecule has 0 aromatic rings. The summed E-state index contributed by atoms with van der Waals surface area (Å²) in [5.74, 6) is 0. The van der Waals surface area contributed by atoms with Gasteiger partial charge in [-0.15, -0.1) is 0 Å². The van der Waals surface area contributed by atoms with Gasteiger partial charge in [0.15, 0.2) is 0 Å². The van der Waals surface area contributed by atoms with Crippen LogP contribution in [0.5, 0.6) is 0 Å². The number of unbranched alkanes of at least 4 members (excludes halogenated alkanes) is 10. The van der Waals surface area contributed by atoms with E-state index in [2.05, 4.69) is 11.4 Å². The molecule has 0 heterocycles. The Morgan fingerprint density at radius 1 is 0.714 bits per heavy atom. The van der Waals surface area contributed by atoms with Crippen molar-refractivity contribution in [3.63, 3.8) is 0 Å². The Balaban J connectivity index is 3.01. The van der Waals surface area contributed by atoms with Gasteiger partial charge in [-0.05, 0) is 6.42 Å². The lowest BCUT2D eigenvalue weighted by Crippen LogP contribution is -2.18. The monoisotopic (exact) mass is 322 g/mol. The van der Waals surface area contributed by atoms with Gasteiger partial charge in [0, 0.05) is 6.61 Å². The van der Waals surface area contributed by atoms with Crippen LogP contribution in [0.3, 0.4) is 0 Å². The molecule has 0 aliphatic heterocycles. The van der Waals surface area contributed by atoms with Crippen LogP contribution in [0.4, 0.5) is 0 Å². The van der Waals surface area contributed by atoms with Crippen molar-refractivity contribution in [2.75, 3.05) is 19.8 Å². The third-order valence-electron chi connectivity index (χ3n) is 3.37. The molecule has 0 radical (unpaired) electrons. The minimum atomic E-state index is -4.83. The third kappa shape index (κ3) is 20.1. The molecular formula is C15H31O5P-2. The molecule has 0 spiro atoms. The highest BCUT2D eigenvalue weighted by atomic mass is 31.2. The van der Waals surface area contributed by atoms with E-state index in [-0.39, 0.29) is 13.2 Å². The van der Waals surface area contributed by atoms with E-state index < -0.39 is 7.82 Å². The van der Waals surface area contributed by atoms with Crippen LogP contribution in [-0.4, -0.2) is 19.8 Å². The molecule has 0 bridgehead atoms. The van der Waals surface area contributed by atoms with Gasteiger partial charge in [-0.2, -0.15) is 0 Å². The van der Waals surface area contributed by atoms with Crippen LogP contribution < -0.4 is 9.79 Å². The van der Waals surface area contributed by atoms with Crippen LogP contribution in [0.2, 0.25) is 0 Å². The maximum absolute atomic E-state index is 10.2. The summed E-state index contributed by atoms with van der Waals surface area (Å²) < 4.78 is 19.4. The van der Waals surface area contributed by atoms with E-state index >= 15 is 0 Å². The Labute approximate surface area is 129 Å². The van der Waals surface area contributed by atoms with Gasteiger partial charge >= 0.3 is 0 Å². The Kier molecular flexibility index (Phi) is 15.0. The molecule has 0 saturated carbocycles. The molecule has 0 fully saturated rings. The molecule has 6 heteroatoms. The lowest BCUT2D eigenvalue weighted by atomic mass is 10.1. The molecule has 0 aliphatic carbocycles. The summed E-state index contributed by atoms with van der Waals surface area (Å²) >= 11 is 0. The van der Waals surface area contributed by atoms with E-state index in [1.165, 1.54) is 57.8 Å². The highest BCUT2D eigenvalue weighted by Gasteiger charge is 1.95.